The van der Waals surface area contributed by atoms with Gasteiger partial charge in [-0.3, -0.25) is 4.79 Å². The lowest BCUT2D eigenvalue weighted by atomic mass is 10.1. The molecule has 3 heterocycles. The summed E-state index contributed by atoms with van der Waals surface area (Å²) >= 11 is 0. The fourth-order valence-corrected chi connectivity index (χ4v) is 5.18. The first kappa shape index (κ1) is 20.1. The number of amides is 1. The van der Waals surface area contributed by atoms with Crippen molar-refractivity contribution < 1.29 is 9.32 Å². The molecule has 1 aliphatic heterocycles. The molecule has 2 aliphatic rings. The molecule has 4 aromatic rings. The Morgan fingerprint density at radius 1 is 1.03 bits per heavy atom. The highest BCUT2D eigenvalue weighted by molar-refractivity contribution is 5.96. The van der Waals surface area contributed by atoms with Gasteiger partial charge in [-0.05, 0) is 68.1 Å². The minimum Gasteiger partial charge on any atom is -0.339 e. The number of fused-ring (bicyclic) bond motifs is 1. The second-order valence-corrected chi connectivity index (χ2v) is 9.42. The Bertz CT molecular complexity index is 1350. The van der Waals surface area contributed by atoms with Crippen molar-refractivity contribution in [3.05, 3.63) is 59.7 Å². The van der Waals surface area contributed by atoms with Crippen molar-refractivity contribution in [1.29, 1.82) is 0 Å². The summed E-state index contributed by atoms with van der Waals surface area (Å²) in [5.74, 6) is 1.04. The van der Waals surface area contributed by atoms with Gasteiger partial charge in [0.05, 0.1) is 23.3 Å². The van der Waals surface area contributed by atoms with Crippen LogP contribution in [0.25, 0.3) is 22.4 Å². The number of hydrogen-bond acceptors (Lipinski definition) is 5. The van der Waals surface area contributed by atoms with Crippen molar-refractivity contribution in [2.24, 2.45) is 0 Å². The monoisotopic (exact) mass is 441 g/mol. The summed E-state index contributed by atoms with van der Waals surface area (Å²) in [7, 11) is 0. The molecule has 33 heavy (non-hydrogen) atoms. The van der Waals surface area contributed by atoms with Gasteiger partial charge in [0.25, 0.3) is 0 Å². The van der Waals surface area contributed by atoms with Crippen LogP contribution in [0, 0.1) is 13.8 Å². The van der Waals surface area contributed by atoms with Gasteiger partial charge in [0.2, 0.25) is 17.6 Å². The van der Waals surface area contributed by atoms with E-state index in [0.717, 1.165) is 22.3 Å². The number of anilines is 1. The number of aryl methyl sites for hydroxylation is 2. The molecule has 0 radical (unpaired) electrons. The third-order valence-corrected chi connectivity index (χ3v) is 7.27. The fourth-order valence-electron chi connectivity index (χ4n) is 5.18. The van der Waals surface area contributed by atoms with Crippen LogP contribution in [0.3, 0.4) is 0 Å². The standard InChI is InChI=1S/C26H27N5O2/c1-16-7-9-21(11-17(16)2)30-14-19(13-24(30)32)26-28-25(29-33-26)18-8-10-23-22(12-18)27-15-31(23)20-5-3-4-6-20/h7-12,15,19-20H,3-6,13-14H2,1-2H3/t19-/m1/s1. The van der Waals surface area contributed by atoms with Gasteiger partial charge < -0.3 is 14.0 Å². The average molecular weight is 442 g/mol. The predicted molar refractivity (Wildman–Crippen MR) is 126 cm³/mol. The number of nitrogens with zero attached hydrogens (tertiary/aromatic N) is 5. The van der Waals surface area contributed by atoms with Gasteiger partial charge in [-0.25, -0.2) is 4.98 Å². The summed E-state index contributed by atoms with van der Waals surface area (Å²) in [5.41, 5.74) is 6.30. The van der Waals surface area contributed by atoms with E-state index in [2.05, 4.69) is 51.7 Å². The largest absolute Gasteiger partial charge is 0.339 e. The van der Waals surface area contributed by atoms with E-state index in [-0.39, 0.29) is 11.8 Å². The second kappa shape index (κ2) is 7.83. The van der Waals surface area contributed by atoms with Gasteiger partial charge in [-0.1, -0.05) is 24.1 Å². The average Bonchev–Trinajstić information content (AvgIpc) is 3.60. The van der Waals surface area contributed by atoms with E-state index in [1.165, 1.54) is 36.8 Å². The van der Waals surface area contributed by atoms with Crippen LogP contribution in [0.4, 0.5) is 5.69 Å². The first-order chi connectivity index (χ1) is 16.1. The highest BCUT2D eigenvalue weighted by Gasteiger charge is 2.35. The van der Waals surface area contributed by atoms with E-state index in [4.69, 9.17) is 4.52 Å². The summed E-state index contributed by atoms with van der Waals surface area (Å²) in [6, 6.07) is 12.8. The SMILES string of the molecule is Cc1ccc(N2C[C@H](c3nc(-c4ccc5c(c4)ncn5C4CCCC4)no3)CC2=O)cc1C. The fraction of sp³-hybridized carbons (Fsp3) is 0.385. The van der Waals surface area contributed by atoms with Crippen LogP contribution in [0.1, 0.15) is 61.1 Å². The topological polar surface area (TPSA) is 77.1 Å². The van der Waals surface area contributed by atoms with Crippen molar-refractivity contribution in [3.8, 4) is 11.4 Å². The Morgan fingerprint density at radius 2 is 1.88 bits per heavy atom. The molecule has 2 aromatic carbocycles. The smallest absolute Gasteiger partial charge is 0.232 e. The molecule has 1 saturated heterocycles. The number of carbonyl (C=O) groups excluding carboxylic acids is 1. The van der Waals surface area contributed by atoms with Crippen LogP contribution in [0.5, 0.6) is 0 Å². The molecule has 0 unspecified atom stereocenters. The van der Waals surface area contributed by atoms with E-state index in [9.17, 15) is 4.79 Å². The molecule has 1 amide bonds. The van der Waals surface area contributed by atoms with Gasteiger partial charge in [0.15, 0.2) is 0 Å². The molecule has 7 nitrogen and oxygen atoms in total. The lowest BCUT2D eigenvalue weighted by Crippen LogP contribution is -2.24. The molecule has 7 heteroatoms. The minimum absolute atomic E-state index is 0.0851. The molecule has 2 aromatic heterocycles. The van der Waals surface area contributed by atoms with Crippen LogP contribution in [-0.4, -0.2) is 32.1 Å². The molecule has 1 aliphatic carbocycles. The summed E-state index contributed by atoms with van der Waals surface area (Å²) in [5, 5.41) is 4.22. The third kappa shape index (κ3) is 3.52. The van der Waals surface area contributed by atoms with Gasteiger partial charge in [-0.2, -0.15) is 4.98 Å². The molecule has 1 saturated carbocycles. The summed E-state index contributed by atoms with van der Waals surface area (Å²) in [4.78, 5) is 23.8. The predicted octanol–water partition coefficient (Wildman–Crippen LogP) is 5.34. The zero-order chi connectivity index (χ0) is 22.5. The normalized spacial score (nSPS) is 19.3. The number of hydrogen-bond donors (Lipinski definition) is 0. The molecular weight excluding hydrogens is 414 g/mol. The van der Waals surface area contributed by atoms with E-state index in [1.54, 1.807) is 0 Å². The van der Waals surface area contributed by atoms with Gasteiger partial charge >= 0.3 is 0 Å². The number of benzene rings is 2. The molecule has 0 N–H and O–H groups in total. The van der Waals surface area contributed by atoms with E-state index >= 15 is 0 Å². The Labute approximate surface area is 192 Å². The van der Waals surface area contributed by atoms with Crippen molar-refractivity contribution in [3.63, 3.8) is 0 Å². The maximum absolute atomic E-state index is 12.7. The molecule has 168 valence electrons. The molecular formula is C26H27N5O2. The van der Waals surface area contributed by atoms with Gasteiger partial charge in [0.1, 0.15) is 0 Å². The minimum atomic E-state index is -0.106. The quantitative estimate of drug-likeness (QED) is 0.427. The summed E-state index contributed by atoms with van der Waals surface area (Å²) < 4.78 is 7.92. The molecule has 0 spiro atoms. The molecule has 0 bridgehead atoms. The van der Waals surface area contributed by atoms with E-state index in [0.29, 0.717) is 30.7 Å². The maximum atomic E-state index is 12.7. The van der Waals surface area contributed by atoms with Crippen molar-refractivity contribution in [2.45, 2.75) is 57.9 Å². The Balaban J connectivity index is 1.23. The highest BCUT2D eigenvalue weighted by atomic mass is 16.5. The van der Waals surface area contributed by atoms with Crippen LogP contribution in [0.15, 0.2) is 47.2 Å². The van der Waals surface area contributed by atoms with Gasteiger partial charge in [0, 0.05) is 30.3 Å². The van der Waals surface area contributed by atoms with Crippen molar-refractivity contribution >= 4 is 22.6 Å². The van der Waals surface area contributed by atoms with Crippen LogP contribution in [-0.2, 0) is 4.79 Å². The Hall–Kier alpha value is -3.48. The number of aromatic nitrogens is 4. The molecule has 6 rings (SSSR count). The lowest BCUT2D eigenvalue weighted by Gasteiger charge is -2.17. The van der Waals surface area contributed by atoms with E-state index < -0.39 is 0 Å². The second-order valence-electron chi connectivity index (χ2n) is 9.42. The maximum Gasteiger partial charge on any atom is 0.232 e. The number of carbonyl (C=O) groups is 1. The number of imidazole rings is 1. The van der Waals surface area contributed by atoms with Crippen molar-refractivity contribution in [1.82, 2.24) is 19.7 Å². The van der Waals surface area contributed by atoms with E-state index in [1.807, 2.05) is 29.4 Å². The van der Waals surface area contributed by atoms with Crippen LogP contribution in [0.2, 0.25) is 0 Å². The number of rotatable bonds is 4. The van der Waals surface area contributed by atoms with Crippen LogP contribution < -0.4 is 4.90 Å². The zero-order valence-corrected chi connectivity index (χ0v) is 19.0. The summed E-state index contributed by atoms with van der Waals surface area (Å²) in [6.07, 6.45) is 7.36. The zero-order valence-electron chi connectivity index (χ0n) is 19.0. The third-order valence-electron chi connectivity index (χ3n) is 7.27. The van der Waals surface area contributed by atoms with Crippen LogP contribution >= 0.6 is 0 Å². The van der Waals surface area contributed by atoms with Crippen molar-refractivity contribution in [2.75, 3.05) is 11.4 Å². The molecule has 2 fully saturated rings. The first-order valence-electron chi connectivity index (χ1n) is 11.7. The summed E-state index contributed by atoms with van der Waals surface area (Å²) in [6.45, 7) is 4.69. The lowest BCUT2D eigenvalue weighted by molar-refractivity contribution is -0.117. The molecule has 1 atom stereocenters. The van der Waals surface area contributed by atoms with Gasteiger partial charge in [-0.15, -0.1) is 0 Å². The first-order valence-corrected chi connectivity index (χ1v) is 11.7. The Morgan fingerprint density at radius 3 is 2.70 bits per heavy atom. The Kier molecular flexibility index (Phi) is 4.78. The highest BCUT2D eigenvalue weighted by Crippen LogP contribution is 2.35.